The van der Waals surface area contributed by atoms with Crippen LogP contribution in [0.5, 0.6) is 0 Å². The van der Waals surface area contributed by atoms with Crippen molar-refractivity contribution in [3.05, 3.63) is 83.2 Å². The van der Waals surface area contributed by atoms with E-state index in [1.54, 1.807) is 0 Å². The molecule has 1 aromatic carbocycles. The second-order valence-electron chi connectivity index (χ2n) is 7.90. The number of aromatic nitrogens is 4. The summed E-state index contributed by atoms with van der Waals surface area (Å²) >= 11 is 0. The molecule has 0 amide bonds. The van der Waals surface area contributed by atoms with E-state index in [9.17, 15) is 0 Å². The van der Waals surface area contributed by atoms with Crippen molar-refractivity contribution in [2.24, 2.45) is 0 Å². The molecule has 0 saturated heterocycles. The Kier molecular flexibility index (Phi) is 4.19. The Labute approximate surface area is 165 Å². The molecule has 4 aromatic rings. The number of hydrogen-bond acceptors (Lipinski definition) is 3. The van der Waals surface area contributed by atoms with Gasteiger partial charge in [-0.3, -0.25) is 9.97 Å². The standard InChI is InChI=1S/C24H24N4/c1-16-4-3-5-20(12-16)23-17(2)13-18(14-26-23)6-9-21-24-27-15-22(19-7-8-19)28(24)11-10-25-21/h3-5,10-15,19H,6-9H2,1-2H3. The van der Waals surface area contributed by atoms with Gasteiger partial charge in [0.2, 0.25) is 0 Å². The third-order valence-electron chi connectivity index (χ3n) is 5.60. The highest BCUT2D eigenvalue weighted by Gasteiger charge is 2.27. The molecule has 0 atom stereocenters. The van der Waals surface area contributed by atoms with Crippen LogP contribution in [0.4, 0.5) is 0 Å². The van der Waals surface area contributed by atoms with Crippen molar-refractivity contribution in [3.8, 4) is 11.3 Å². The molecule has 4 heteroatoms. The van der Waals surface area contributed by atoms with Gasteiger partial charge in [0.15, 0.2) is 5.65 Å². The quantitative estimate of drug-likeness (QED) is 0.494. The second kappa shape index (κ2) is 6.86. The lowest BCUT2D eigenvalue weighted by molar-refractivity contribution is 0.883. The molecule has 3 heterocycles. The number of imidazole rings is 1. The van der Waals surface area contributed by atoms with E-state index in [-0.39, 0.29) is 0 Å². The third kappa shape index (κ3) is 3.19. The van der Waals surface area contributed by atoms with E-state index >= 15 is 0 Å². The highest BCUT2D eigenvalue weighted by atomic mass is 15.0. The van der Waals surface area contributed by atoms with Gasteiger partial charge in [0, 0.05) is 42.0 Å². The van der Waals surface area contributed by atoms with Crippen LogP contribution in [0.15, 0.2) is 55.1 Å². The number of aryl methyl sites for hydroxylation is 4. The number of rotatable bonds is 5. The molecule has 1 aliphatic carbocycles. The zero-order valence-corrected chi connectivity index (χ0v) is 16.4. The minimum absolute atomic E-state index is 0.686. The van der Waals surface area contributed by atoms with Gasteiger partial charge in [0.05, 0.1) is 11.4 Å². The summed E-state index contributed by atoms with van der Waals surface area (Å²) in [5, 5.41) is 0. The number of hydrogen-bond donors (Lipinski definition) is 0. The third-order valence-corrected chi connectivity index (χ3v) is 5.60. The fourth-order valence-corrected chi connectivity index (χ4v) is 3.98. The first-order valence-electron chi connectivity index (χ1n) is 10.0. The molecular formula is C24H24N4. The smallest absolute Gasteiger partial charge is 0.158 e. The van der Waals surface area contributed by atoms with Gasteiger partial charge in [0.1, 0.15) is 0 Å². The van der Waals surface area contributed by atoms with Gasteiger partial charge >= 0.3 is 0 Å². The van der Waals surface area contributed by atoms with E-state index in [4.69, 9.17) is 4.98 Å². The topological polar surface area (TPSA) is 43.1 Å². The van der Waals surface area contributed by atoms with Crippen LogP contribution in [0.25, 0.3) is 16.9 Å². The Hall–Kier alpha value is -3.01. The van der Waals surface area contributed by atoms with Crippen molar-refractivity contribution in [2.75, 3.05) is 0 Å². The monoisotopic (exact) mass is 368 g/mol. The van der Waals surface area contributed by atoms with E-state index < -0.39 is 0 Å². The Balaban J connectivity index is 1.37. The molecule has 0 bridgehead atoms. The van der Waals surface area contributed by atoms with Gasteiger partial charge < -0.3 is 4.40 Å². The zero-order valence-electron chi connectivity index (χ0n) is 16.4. The maximum absolute atomic E-state index is 4.76. The van der Waals surface area contributed by atoms with Crippen LogP contribution in [0, 0.1) is 13.8 Å². The molecule has 3 aromatic heterocycles. The summed E-state index contributed by atoms with van der Waals surface area (Å²) in [4.78, 5) is 14.0. The molecule has 28 heavy (non-hydrogen) atoms. The van der Waals surface area contributed by atoms with Crippen LogP contribution in [-0.2, 0) is 12.8 Å². The summed E-state index contributed by atoms with van der Waals surface area (Å²) in [7, 11) is 0. The SMILES string of the molecule is Cc1cccc(-c2ncc(CCc3nccn4c(C5CC5)cnc34)cc2C)c1. The Bertz CT molecular complexity index is 1150. The van der Waals surface area contributed by atoms with E-state index in [2.05, 4.69) is 58.5 Å². The normalized spacial score (nSPS) is 13.9. The van der Waals surface area contributed by atoms with Gasteiger partial charge in [-0.1, -0.05) is 29.8 Å². The summed E-state index contributed by atoms with van der Waals surface area (Å²) in [6.45, 7) is 4.26. The first-order chi connectivity index (χ1) is 13.7. The highest BCUT2D eigenvalue weighted by Crippen LogP contribution is 2.40. The Morgan fingerprint density at radius 1 is 1.00 bits per heavy atom. The van der Waals surface area contributed by atoms with Crippen LogP contribution < -0.4 is 0 Å². The molecule has 4 nitrogen and oxygen atoms in total. The molecule has 0 N–H and O–H groups in total. The van der Waals surface area contributed by atoms with Crippen LogP contribution in [0.1, 0.15) is 46.8 Å². The molecular weight excluding hydrogens is 344 g/mol. The molecule has 0 spiro atoms. The van der Waals surface area contributed by atoms with Gasteiger partial charge in [-0.05, 0) is 56.7 Å². The van der Waals surface area contributed by atoms with Crippen LogP contribution >= 0.6 is 0 Å². The first kappa shape index (κ1) is 17.1. The highest BCUT2D eigenvalue weighted by molar-refractivity contribution is 5.63. The number of benzene rings is 1. The van der Waals surface area contributed by atoms with Crippen molar-refractivity contribution in [1.29, 1.82) is 0 Å². The predicted molar refractivity (Wildman–Crippen MR) is 112 cm³/mol. The van der Waals surface area contributed by atoms with Crippen LogP contribution in [0.2, 0.25) is 0 Å². The van der Waals surface area contributed by atoms with E-state index in [1.807, 2.05) is 24.8 Å². The lowest BCUT2D eigenvalue weighted by Gasteiger charge is -2.09. The van der Waals surface area contributed by atoms with Gasteiger partial charge in [-0.15, -0.1) is 0 Å². The van der Waals surface area contributed by atoms with Crippen molar-refractivity contribution >= 4 is 5.65 Å². The van der Waals surface area contributed by atoms with Crippen molar-refractivity contribution in [3.63, 3.8) is 0 Å². The average molecular weight is 368 g/mol. The lowest BCUT2D eigenvalue weighted by atomic mass is 10.0. The molecule has 0 aliphatic heterocycles. The van der Waals surface area contributed by atoms with Crippen LogP contribution in [0.3, 0.4) is 0 Å². The first-order valence-corrected chi connectivity index (χ1v) is 10.0. The average Bonchev–Trinajstić information content (AvgIpc) is 3.45. The summed E-state index contributed by atoms with van der Waals surface area (Å²) in [6, 6.07) is 10.8. The van der Waals surface area contributed by atoms with E-state index in [1.165, 1.54) is 40.8 Å². The maximum atomic E-state index is 4.76. The summed E-state index contributed by atoms with van der Waals surface area (Å²) in [5.41, 5.74) is 9.36. The predicted octanol–water partition coefficient (Wildman–Crippen LogP) is 5.07. The molecule has 5 rings (SSSR count). The van der Waals surface area contributed by atoms with Crippen molar-refractivity contribution in [2.45, 2.75) is 45.4 Å². The minimum atomic E-state index is 0.686. The molecule has 1 saturated carbocycles. The molecule has 140 valence electrons. The fraction of sp³-hybridized carbons (Fsp3) is 0.292. The van der Waals surface area contributed by atoms with Crippen molar-refractivity contribution < 1.29 is 0 Å². The molecule has 1 aliphatic rings. The van der Waals surface area contributed by atoms with Gasteiger partial charge in [0.25, 0.3) is 0 Å². The van der Waals surface area contributed by atoms with Gasteiger partial charge in [-0.2, -0.15) is 0 Å². The summed E-state index contributed by atoms with van der Waals surface area (Å²) in [6.07, 6.45) is 12.3. The van der Waals surface area contributed by atoms with E-state index in [0.29, 0.717) is 5.92 Å². The zero-order chi connectivity index (χ0) is 19.1. The minimum Gasteiger partial charge on any atom is -0.301 e. The summed E-state index contributed by atoms with van der Waals surface area (Å²) < 4.78 is 2.23. The van der Waals surface area contributed by atoms with E-state index in [0.717, 1.165) is 29.9 Å². The largest absolute Gasteiger partial charge is 0.301 e. The summed E-state index contributed by atoms with van der Waals surface area (Å²) in [5.74, 6) is 0.686. The number of pyridine rings is 1. The lowest BCUT2D eigenvalue weighted by Crippen LogP contribution is -2.01. The Morgan fingerprint density at radius 3 is 2.68 bits per heavy atom. The number of nitrogens with zero attached hydrogens (tertiary/aromatic N) is 4. The second-order valence-corrected chi connectivity index (χ2v) is 7.90. The Morgan fingerprint density at radius 2 is 1.89 bits per heavy atom. The van der Waals surface area contributed by atoms with Gasteiger partial charge in [-0.25, -0.2) is 4.98 Å². The van der Waals surface area contributed by atoms with Crippen molar-refractivity contribution in [1.82, 2.24) is 19.4 Å². The fourth-order valence-electron chi connectivity index (χ4n) is 3.98. The number of fused-ring (bicyclic) bond motifs is 1. The molecule has 0 unspecified atom stereocenters. The molecule has 0 radical (unpaired) electrons. The van der Waals surface area contributed by atoms with Crippen LogP contribution in [-0.4, -0.2) is 19.4 Å². The maximum Gasteiger partial charge on any atom is 0.158 e. The molecule has 1 fully saturated rings.